The Hall–Kier alpha value is -2.53. The van der Waals surface area contributed by atoms with Crippen molar-refractivity contribution in [1.82, 2.24) is 10.6 Å². The molecule has 0 heterocycles. The molecule has 5 nitrogen and oxygen atoms in total. The number of hydrogen-bond acceptors (Lipinski definition) is 2. The Morgan fingerprint density at radius 3 is 2.58 bits per heavy atom. The van der Waals surface area contributed by atoms with E-state index < -0.39 is 0 Å². The first-order chi connectivity index (χ1) is 12.5. The lowest BCUT2D eigenvalue weighted by Crippen LogP contribution is -2.36. The van der Waals surface area contributed by atoms with Crippen molar-refractivity contribution in [3.63, 3.8) is 0 Å². The van der Waals surface area contributed by atoms with Crippen LogP contribution in [-0.4, -0.2) is 11.9 Å². The smallest absolute Gasteiger partial charge is 0.315 e. The number of benzene rings is 2. The summed E-state index contributed by atoms with van der Waals surface area (Å²) < 4.78 is 0. The number of anilines is 1. The highest BCUT2D eigenvalue weighted by atomic mass is 35.5. The Morgan fingerprint density at radius 1 is 1.15 bits per heavy atom. The summed E-state index contributed by atoms with van der Waals surface area (Å²) >= 11 is 5.88. The van der Waals surface area contributed by atoms with Crippen LogP contribution in [0.25, 0.3) is 0 Å². The minimum absolute atomic E-state index is 0.0737. The lowest BCUT2D eigenvalue weighted by Gasteiger charge is -2.15. The van der Waals surface area contributed by atoms with Gasteiger partial charge in [0, 0.05) is 23.2 Å². The summed E-state index contributed by atoms with van der Waals surface area (Å²) in [6, 6.07) is 14.5. The molecule has 1 aliphatic carbocycles. The Bertz CT molecular complexity index is 788. The summed E-state index contributed by atoms with van der Waals surface area (Å²) in [5.41, 5.74) is 2.67. The summed E-state index contributed by atoms with van der Waals surface area (Å²) in [7, 11) is 0. The van der Waals surface area contributed by atoms with Gasteiger partial charge >= 0.3 is 6.03 Å². The standard InChI is InChI=1S/C20H22ClN3O2/c1-13(15-7-9-17(21)10-8-15)23-20(26)22-12-14-3-2-4-18(11-14)24-19(25)16-5-6-16/h2-4,7-11,13,16H,5-6,12H2,1H3,(H,24,25)(H2,22,23,26). The van der Waals surface area contributed by atoms with Crippen molar-refractivity contribution in [3.8, 4) is 0 Å². The Morgan fingerprint density at radius 2 is 1.88 bits per heavy atom. The van der Waals surface area contributed by atoms with E-state index in [0.717, 1.165) is 29.7 Å². The second kappa shape index (κ2) is 8.23. The van der Waals surface area contributed by atoms with Crippen molar-refractivity contribution in [3.05, 3.63) is 64.7 Å². The summed E-state index contributed by atoms with van der Waals surface area (Å²) in [4.78, 5) is 23.9. The molecule has 2 aromatic carbocycles. The van der Waals surface area contributed by atoms with E-state index in [4.69, 9.17) is 11.6 Å². The summed E-state index contributed by atoms with van der Waals surface area (Å²) in [6.45, 7) is 2.29. The van der Waals surface area contributed by atoms with Crippen molar-refractivity contribution >= 4 is 29.2 Å². The molecule has 6 heteroatoms. The lowest BCUT2D eigenvalue weighted by atomic mass is 10.1. The molecule has 1 fully saturated rings. The normalized spacial score (nSPS) is 14.4. The zero-order valence-corrected chi connectivity index (χ0v) is 15.3. The van der Waals surface area contributed by atoms with Crippen LogP contribution < -0.4 is 16.0 Å². The number of hydrogen-bond donors (Lipinski definition) is 3. The largest absolute Gasteiger partial charge is 0.334 e. The van der Waals surface area contributed by atoms with E-state index in [0.29, 0.717) is 11.6 Å². The topological polar surface area (TPSA) is 70.2 Å². The maximum atomic E-state index is 12.1. The summed E-state index contributed by atoms with van der Waals surface area (Å²) in [6.07, 6.45) is 1.94. The Balaban J connectivity index is 1.49. The van der Waals surface area contributed by atoms with Crippen LogP contribution >= 0.6 is 11.6 Å². The van der Waals surface area contributed by atoms with Gasteiger partial charge in [-0.1, -0.05) is 35.9 Å². The molecule has 1 atom stereocenters. The van der Waals surface area contributed by atoms with Crippen molar-refractivity contribution in [2.24, 2.45) is 5.92 Å². The average molecular weight is 372 g/mol. The number of carbonyl (C=O) groups excluding carboxylic acids is 2. The number of urea groups is 1. The van der Waals surface area contributed by atoms with Gasteiger partial charge in [0.05, 0.1) is 6.04 Å². The highest BCUT2D eigenvalue weighted by molar-refractivity contribution is 6.30. The third-order valence-electron chi connectivity index (χ3n) is 4.31. The van der Waals surface area contributed by atoms with Gasteiger partial charge in [0.2, 0.25) is 5.91 Å². The summed E-state index contributed by atoms with van der Waals surface area (Å²) in [5, 5.41) is 9.31. The molecule has 2 aromatic rings. The molecule has 1 aliphatic rings. The van der Waals surface area contributed by atoms with Crippen molar-refractivity contribution < 1.29 is 9.59 Å². The van der Waals surface area contributed by atoms with Gasteiger partial charge in [0.25, 0.3) is 0 Å². The van der Waals surface area contributed by atoms with E-state index in [9.17, 15) is 9.59 Å². The molecule has 0 radical (unpaired) electrons. The number of amides is 3. The van der Waals surface area contributed by atoms with E-state index in [1.54, 1.807) is 12.1 Å². The Labute approximate surface area is 158 Å². The van der Waals surface area contributed by atoms with Crippen LogP contribution in [0, 0.1) is 5.92 Å². The second-order valence-corrected chi connectivity index (χ2v) is 7.00. The third-order valence-corrected chi connectivity index (χ3v) is 4.57. The quantitative estimate of drug-likeness (QED) is 0.710. The average Bonchev–Trinajstić information content (AvgIpc) is 3.46. The molecule has 136 valence electrons. The van der Waals surface area contributed by atoms with Crippen molar-refractivity contribution in [2.75, 3.05) is 5.32 Å². The van der Waals surface area contributed by atoms with Crippen molar-refractivity contribution in [2.45, 2.75) is 32.4 Å². The molecule has 26 heavy (non-hydrogen) atoms. The second-order valence-electron chi connectivity index (χ2n) is 6.56. The molecule has 0 aromatic heterocycles. The van der Waals surface area contributed by atoms with Gasteiger partial charge < -0.3 is 16.0 Å². The molecule has 0 bridgehead atoms. The zero-order valence-electron chi connectivity index (χ0n) is 14.6. The van der Waals surface area contributed by atoms with Crippen LogP contribution in [0.3, 0.4) is 0 Å². The molecular formula is C20H22ClN3O2. The first-order valence-electron chi connectivity index (χ1n) is 8.71. The van der Waals surface area contributed by atoms with Crippen LogP contribution in [0.15, 0.2) is 48.5 Å². The first kappa shape index (κ1) is 18.3. The molecule has 0 spiro atoms. The molecule has 3 amide bonds. The van der Waals surface area contributed by atoms with Crippen LogP contribution in [0.4, 0.5) is 10.5 Å². The maximum Gasteiger partial charge on any atom is 0.315 e. The molecule has 1 saturated carbocycles. The number of nitrogens with one attached hydrogen (secondary N) is 3. The fourth-order valence-corrected chi connectivity index (χ4v) is 2.74. The van der Waals surface area contributed by atoms with Crippen LogP contribution in [0.1, 0.15) is 36.9 Å². The predicted octanol–water partition coefficient (Wildman–Crippen LogP) is 4.25. The maximum absolute atomic E-state index is 12.1. The highest BCUT2D eigenvalue weighted by Gasteiger charge is 2.29. The molecule has 3 N–H and O–H groups in total. The van der Waals surface area contributed by atoms with E-state index in [1.807, 2.05) is 43.3 Å². The van der Waals surface area contributed by atoms with Gasteiger partial charge in [0.1, 0.15) is 0 Å². The fraction of sp³-hybridized carbons (Fsp3) is 0.300. The van der Waals surface area contributed by atoms with Gasteiger partial charge in [-0.15, -0.1) is 0 Å². The Kier molecular flexibility index (Phi) is 5.78. The van der Waals surface area contributed by atoms with Gasteiger partial charge in [-0.25, -0.2) is 4.79 Å². The van der Waals surface area contributed by atoms with E-state index in [2.05, 4.69) is 16.0 Å². The monoisotopic (exact) mass is 371 g/mol. The van der Waals surface area contributed by atoms with Crippen LogP contribution in [0.2, 0.25) is 5.02 Å². The minimum Gasteiger partial charge on any atom is -0.334 e. The molecule has 1 unspecified atom stereocenters. The fourth-order valence-electron chi connectivity index (χ4n) is 2.61. The van der Waals surface area contributed by atoms with Gasteiger partial charge in [-0.2, -0.15) is 0 Å². The number of halogens is 1. The van der Waals surface area contributed by atoms with Gasteiger partial charge in [-0.05, 0) is 55.2 Å². The van der Waals surface area contributed by atoms with E-state index in [1.165, 1.54) is 0 Å². The SMILES string of the molecule is CC(NC(=O)NCc1cccc(NC(=O)C2CC2)c1)c1ccc(Cl)cc1. The zero-order chi connectivity index (χ0) is 18.5. The molecule has 0 saturated heterocycles. The highest BCUT2D eigenvalue weighted by Crippen LogP contribution is 2.30. The number of rotatable bonds is 6. The molecule has 3 rings (SSSR count). The third kappa shape index (κ3) is 5.23. The predicted molar refractivity (Wildman–Crippen MR) is 103 cm³/mol. The first-order valence-corrected chi connectivity index (χ1v) is 9.08. The summed E-state index contributed by atoms with van der Waals surface area (Å²) in [5.74, 6) is 0.238. The van der Waals surface area contributed by atoms with E-state index in [-0.39, 0.29) is 23.9 Å². The van der Waals surface area contributed by atoms with Crippen LogP contribution in [-0.2, 0) is 11.3 Å². The van der Waals surface area contributed by atoms with E-state index >= 15 is 0 Å². The van der Waals surface area contributed by atoms with Crippen molar-refractivity contribution in [1.29, 1.82) is 0 Å². The van der Waals surface area contributed by atoms with Gasteiger partial charge in [0.15, 0.2) is 0 Å². The number of carbonyl (C=O) groups is 2. The molecule has 0 aliphatic heterocycles. The van der Waals surface area contributed by atoms with Crippen LogP contribution in [0.5, 0.6) is 0 Å². The van der Waals surface area contributed by atoms with Gasteiger partial charge in [-0.3, -0.25) is 4.79 Å². The minimum atomic E-state index is -0.250. The molecular weight excluding hydrogens is 350 g/mol. The lowest BCUT2D eigenvalue weighted by molar-refractivity contribution is -0.117.